The molecule has 1 heteroatoms. The van der Waals surface area contributed by atoms with E-state index >= 15 is 0 Å². The van der Waals surface area contributed by atoms with Gasteiger partial charge in [-0.1, -0.05) is 61.5 Å². The average molecular weight is 265 g/mol. The fraction of sp³-hybridized carbons (Fsp3) is 0.368. The van der Waals surface area contributed by atoms with Gasteiger partial charge >= 0.3 is 0 Å². The van der Waals surface area contributed by atoms with Gasteiger partial charge in [-0.2, -0.15) is 0 Å². The summed E-state index contributed by atoms with van der Waals surface area (Å²) in [5.74, 6) is 0.829. The quantitative estimate of drug-likeness (QED) is 0.835. The fourth-order valence-electron chi connectivity index (χ4n) is 3.19. The number of hydrogen-bond acceptors (Lipinski definition) is 1. The molecule has 0 saturated heterocycles. The Morgan fingerprint density at radius 1 is 0.850 bits per heavy atom. The van der Waals surface area contributed by atoms with Gasteiger partial charge in [0.25, 0.3) is 0 Å². The van der Waals surface area contributed by atoms with E-state index in [1.807, 2.05) is 0 Å². The molecule has 0 aliphatic heterocycles. The summed E-state index contributed by atoms with van der Waals surface area (Å²) in [6, 6.07) is 19.4. The molecule has 0 bridgehead atoms. The lowest BCUT2D eigenvalue weighted by Gasteiger charge is -2.36. The van der Waals surface area contributed by atoms with E-state index < -0.39 is 0 Å². The van der Waals surface area contributed by atoms with Gasteiger partial charge in [-0.15, -0.1) is 0 Å². The minimum atomic E-state index is -0.109. The molecule has 1 nitrogen and oxygen atoms in total. The van der Waals surface area contributed by atoms with Crippen molar-refractivity contribution in [1.29, 1.82) is 0 Å². The van der Waals surface area contributed by atoms with Crippen molar-refractivity contribution in [3.63, 3.8) is 0 Å². The van der Waals surface area contributed by atoms with Crippen LogP contribution in [-0.4, -0.2) is 0 Å². The van der Waals surface area contributed by atoms with Gasteiger partial charge in [-0.05, 0) is 48.3 Å². The second-order valence-corrected chi connectivity index (χ2v) is 6.28. The van der Waals surface area contributed by atoms with Crippen molar-refractivity contribution in [2.24, 2.45) is 11.7 Å². The third-order valence-corrected chi connectivity index (χ3v) is 4.73. The van der Waals surface area contributed by atoms with Crippen molar-refractivity contribution in [3.8, 4) is 11.1 Å². The van der Waals surface area contributed by atoms with Gasteiger partial charge in [0.15, 0.2) is 0 Å². The average Bonchev–Trinajstić information content (AvgIpc) is 2.52. The van der Waals surface area contributed by atoms with E-state index in [1.165, 1.54) is 29.5 Å². The van der Waals surface area contributed by atoms with E-state index in [1.54, 1.807) is 0 Å². The molecule has 1 saturated carbocycles. The molecule has 0 aromatic heterocycles. The lowest BCUT2D eigenvalue weighted by atomic mass is 9.74. The first-order valence-electron chi connectivity index (χ1n) is 7.62. The van der Waals surface area contributed by atoms with Crippen LogP contribution in [0.5, 0.6) is 0 Å². The summed E-state index contributed by atoms with van der Waals surface area (Å²) in [5, 5.41) is 0. The minimum Gasteiger partial charge on any atom is -0.321 e. The van der Waals surface area contributed by atoms with Crippen LogP contribution in [0.25, 0.3) is 11.1 Å². The van der Waals surface area contributed by atoms with Crippen LogP contribution in [-0.2, 0) is 5.54 Å². The molecule has 1 aliphatic carbocycles. The number of hydrogen-bond donors (Lipinski definition) is 1. The van der Waals surface area contributed by atoms with E-state index in [0.717, 1.165) is 18.8 Å². The summed E-state index contributed by atoms with van der Waals surface area (Å²) in [4.78, 5) is 0. The fourth-order valence-corrected chi connectivity index (χ4v) is 3.19. The highest BCUT2D eigenvalue weighted by Crippen LogP contribution is 2.37. The van der Waals surface area contributed by atoms with E-state index in [2.05, 4.69) is 61.5 Å². The monoisotopic (exact) mass is 265 g/mol. The minimum absolute atomic E-state index is 0.109. The van der Waals surface area contributed by atoms with Crippen LogP contribution in [0.4, 0.5) is 0 Å². The maximum atomic E-state index is 6.63. The summed E-state index contributed by atoms with van der Waals surface area (Å²) >= 11 is 0. The van der Waals surface area contributed by atoms with Crippen LogP contribution in [0.1, 0.15) is 38.2 Å². The van der Waals surface area contributed by atoms with Crippen molar-refractivity contribution in [2.75, 3.05) is 0 Å². The second kappa shape index (κ2) is 5.41. The molecule has 2 aromatic rings. The molecular formula is C19H23N. The lowest BCUT2D eigenvalue weighted by Crippen LogP contribution is -2.40. The molecule has 1 aliphatic rings. The molecule has 104 valence electrons. The summed E-state index contributed by atoms with van der Waals surface area (Å²) < 4.78 is 0. The van der Waals surface area contributed by atoms with E-state index in [4.69, 9.17) is 5.73 Å². The number of nitrogens with two attached hydrogens (primary N) is 1. The molecule has 20 heavy (non-hydrogen) atoms. The van der Waals surface area contributed by atoms with Crippen LogP contribution in [0.3, 0.4) is 0 Å². The molecular weight excluding hydrogens is 242 g/mol. The summed E-state index contributed by atoms with van der Waals surface area (Å²) in [6.07, 6.45) is 4.71. The first-order valence-corrected chi connectivity index (χ1v) is 7.62. The van der Waals surface area contributed by atoms with Crippen LogP contribution >= 0.6 is 0 Å². The van der Waals surface area contributed by atoms with Gasteiger partial charge in [0.1, 0.15) is 0 Å². The van der Waals surface area contributed by atoms with Crippen LogP contribution in [0, 0.1) is 5.92 Å². The standard InChI is InChI=1S/C19H23N/c1-15-11-13-19(20,14-12-15)18-9-7-17(8-10-18)16-5-3-2-4-6-16/h2-10,15H,11-14,20H2,1H3. The number of benzene rings is 2. The van der Waals surface area contributed by atoms with Crippen molar-refractivity contribution in [1.82, 2.24) is 0 Å². The smallest absolute Gasteiger partial charge is 0.0409 e. The lowest BCUT2D eigenvalue weighted by molar-refractivity contribution is 0.248. The SMILES string of the molecule is CC1CCC(N)(c2ccc(-c3ccccc3)cc2)CC1. The predicted octanol–water partition coefficient (Wildman–Crippen LogP) is 4.72. The van der Waals surface area contributed by atoms with Crippen molar-refractivity contribution >= 4 is 0 Å². The molecule has 3 rings (SSSR count). The van der Waals surface area contributed by atoms with Crippen LogP contribution in [0.2, 0.25) is 0 Å². The van der Waals surface area contributed by atoms with Gasteiger partial charge in [0.2, 0.25) is 0 Å². The highest BCUT2D eigenvalue weighted by Gasteiger charge is 2.31. The van der Waals surface area contributed by atoms with Crippen LogP contribution in [0.15, 0.2) is 54.6 Å². The predicted molar refractivity (Wildman–Crippen MR) is 85.4 cm³/mol. The van der Waals surface area contributed by atoms with Gasteiger partial charge in [0.05, 0.1) is 0 Å². The van der Waals surface area contributed by atoms with E-state index in [-0.39, 0.29) is 5.54 Å². The Morgan fingerprint density at radius 3 is 2.00 bits per heavy atom. The first-order chi connectivity index (χ1) is 9.67. The Hall–Kier alpha value is -1.60. The molecule has 0 radical (unpaired) electrons. The van der Waals surface area contributed by atoms with Crippen LogP contribution < -0.4 is 5.73 Å². The Bertz CT molecular complexity index is 548. The molecule has 1 fully saturated rings. The summed E-state index contributed by atoms with van der Waals surface area (Å²) in [6.45, 7) is 2.33. The highest BCUT2D eigenvalue weighted by atomic mass is 14.7. The molecule has 0 atom stereocenters. The summed E-state index contributed by atoms with van der Waals surface area (Å²) in [7, 11) is 0. The second-order valence-electron chi connectivity index (χ2n) is 6.28. The van der Waals surface area contributed by atoms with Gasteiger partial charge in [-0.3, -0.25) is 0 Å². The maximum Gasteiger partial charge on any atom is 0.0409 e. The number of rotatable bonds is 2. The van der Waals surface area contributed by atoms with Crippen molar-refractivity contribution in [2.45, 2.75) is 38.1 Å². The first kappa shape index (κ1) is 13.4. The molecule has 0 amide bonds. The third kappa shape index (κ3) is 2.64. The zero-order chi connectivity index (χ0) is 14.0. The molecule has 2 aromatic carbocycles. The maximum absolute atomic E-state index is 6.63. The van der Waals surface area contributed by atoms with Gasteiger partial charge in [0, 0.05) is 5.54 Å². The Morgan fingerprint density at radius 2 is 1.40 bits per heavy atom. The largest absolute Gasteiger partial charge is 0.321 e. The molecule has 2 N–H and O–H groups in total. The van der Waals surface area contributed by atoms with Gasteiger partial charge < -0.3 is 5.73 Å². The van der Waals surface area contributed by atoms with Gasteiger partial charge in [-0.25, -0.2) is 0 Å². The zero-order valence-electron chi connectivity index (χ0n) is 12.2. The Balaban J connectivity index is 1.83. The molecule has 0 spiro atoms. The van der Waals surface area contributed by atoms with E-state index in [9.17, 15) is 0 Å². The zero-order valence-corrected chi connectivity index (χ0v) is 12.2. The summed E-state index contributed by atoms with van der Waals surface area (Å²) in [5.41, 5.74) is 10.3. The molecule has 0 heterocycles. The van der Waals surface area contributed by atoms with Crippen molar-refractivity contribution < 1.29 is 0 Å². The Kier molecular flexibility index (Phi) is 3.62. The Labute approximate surface area is 121 Å². The molecule has 0 unspecified atom stereocenters. The topological polar surface area (TPSA) is 26.0 Å². The highest BCUT2D eigenvalue weighted by molar-refractivity contribution is 5.63. The normalized spacial score (nSPS) is 26.4. The van der Waals surface area contributed by atoms with Crippen molar-refractivity contribution in [3.05, 3.63) is 60.2 Å². The third-order valence-electron chi connectivity index (χ3n) is 4.73. The van der Waals surface area contributed by atoms with E-state index in [0.29, 0.717) is 0 Å².